The lowest BCUT2D eigenvalue weighted by Gasteiger charge is -2.40. The van der Waals surface area contributed by atoms with Gasteiger partial charge >= 0.3 is 0 Å². The van der Waals surface area contributed by atoms with Gasteiger partial charge in [-0.3, -0.25) is 9.59 Å². The molecule has 0 spiro atoms. The number of nitrogens with zero attached hydrogens (tertiary/aromatic N) is 3. The Bertz CT molecular complexity index is 878. The summed E-state index contributed by atoms with van der Waals surface area (Å²) in [5.74, 6) is -0.0457. The highest BCUT2D eigenvalue weighted by Crippen LogP contribution is 2.37. The zero-order valence-corrected chi connectivity index (χ0v) is 17.2. The van der Waals surface area contributed by atoms with Crippen molar-refractivity contribution in [1.29, 1.82) is 0 Å². The van der Waals surface area contributed by atoms with Crippen LogP contribution in [-0.2, 0) is 10.2 Å². The fourth-order valence-corrected chi connectivity index (χ4v) is 4.69. The molecule has 0 radical (unpaired) electrons. The predicted molar refractivity (Wildman–Crippen MR) is 109 cm³/mol. The standard InChI is InChI=1S/C19H27N5O2S/c1-19(8-5-9-24(11-19)14(25)10-23(3)4)13-7-6-12-15(20)16(17(26)21-2)27-18(12)22-13/h6-7H,5,8-11,20H2,1-4H3,(H,21,26). The molecular weight excluding hydrogens is 362 g/mol. The molecule has 27 heavy (non-hydrogen) atoms. The summed E-state index contributed by atoms with van der Waals surface area (Å²) in [6.45, 7) is 4.02. The van der Waals surface area contributed by atoms with Crippen LogP contribution in [0.2, 0.25) is 0 Å². The number of nitrogens with one attached hydrogen (secondary N) is 1. The number of hydrogen-bond donors (Lipinski definition) is 2. The number of carbonyl (C=O) groups excluding carboxylic acids is 2. The average Bonchev–Trinajstić information content (AvgIpc) is 2.97. The number of aromatic nitrogens is 1. The summed E-state index contributed by atoms with van der Waals surface area (Å²) < 4.78 is 0. The van der Waals surface area contributed by atoms with Crippen LogP contribution in [0.4, 0.5) is 5.69 Å². The zero-order valence-electron chi connectivity index (χ0n) is 16.3. The molecular formula is C19H27N5O2S. The minimum absolute atomic E-state index is 0.147. The van der Waals surface area contributed by atoms with Gasteiger partial charge in [0, 0.05) is 36.6 Å². The van der Waals surface area contributed by atoms with Gasteiger partial charge in [0.25, 0.3) is 5.91 Å². The van der Waals surface area contributed by atoms with Gasteiger partial charge in [-0.2, -0.15) is 0 Å². The molecule has 3 N–H and O–H groups in total. The number of likely N-dealkylation sites (N-methyl/N-ethyl adjacent to an activating group) is 1. The van der Waals surface area contributed by atoms with Crippen molar-refractivity contribution in [3.05, 3.63) is 22.7 Å². The number of likely N-dealkylation sites (tertiary alicyclic amines) is 1. The topological polar surface area (TPSA) is 91.6 Å². The van der Waals surface area contributed by atoms with Gasteiger partial charge in [0.2, 0.25) is 5.91 Å². The van der Waals surface area contributed by atoms with Gasteiger partial charge in [0.15, 0.2) is 0 Å². The van der Waals surface area contributed by atoms with Crippen LogP contribution >= 0.6 is 11.3 Å². The highest BCUT2D eigenvalue weighted by molar-refractivity contribution is 7.21. The van der Waals surface area contributed by atoms with Crippen molar-refractivity contribution in [3.63, 3.8) is 0 Å². The molecule has 0 bridgehead atoms. The maximum atomic E-state index is 12.5. The number of pyridine rings is 1. The predicted octanol–water partition coefficient (Wildman–Crippen LogP) is 1.68. The molecule has 1 saturated heterocycles. The Labute approximate surface area is 163 Å². The summed E-state index contributed by atoms with van der Waals surface area (Å²) in [7, 11) is 5.40. The zero-order chi connectivity index (χ0) is 19.8. The molecule has 0 saturated carbocycles. The first-order valence-electron chi connectivity index (χ1n) is 9.09. The summed E-state index contributed by atoms with van der Waals surface area (Å²) in [6, 6.07) is 3.93. The van der Waals surface area contributed by atoms with Crippen molar-refractivity contribution in [1.82, 2.24) is 20.1 Å². The van der Waals surface area contributed by atoms with E-state index in [1.807, 2.05) is 36.0 Å². The molecule has 1 aliphatic rings. The van der Waals surface area contributed by atoms with E-state index in [0.29, 0.717) is 23.7 Å². The van der Waals surface area contributed by atoms with Crippen molar-refractivity contribution in [2.24, 2.45) is 0 Å². The molecule has 3 heterocycles. The number of anilines is 1. The van der Waals surface area contributed by atoms with Crippen LogP contribution in [0.5, 0.6) is 0 Å². The smallest absolute Gasteiger partial charge is 0.263 e. The second kappa shape index (κ2) is 7.44. The van der Waals surface area contributed by atoms with Gasteiger partial charge in [-0.05, 0) is 39.1 Å². The largest absolute Gasteiger partial charge is 0.397 e. The van der Waals surface area contributed by atoms with Gasteiger partial charge in [0.05, 0.1) is 12.2 Å². The molecule has 1 unspecified atom stereocenters. The van der Waals surface area contributed by atoms with Crippen molar-refractivity contribution < 1.29 is 9.59 Å². The van der Waals surface area contributed by atoms with E-state index in [1.165, 1.54) is 11.3 Å². The Morgan fingerprint density at radius 1 is 1.41 bits per heavy atom. The molecule has 0 aliphatic carbocycles. The number of hydrogen-bond acceptors (Lipinski definition) is 6. The normalized spacial score (nSPS) is 20.3. The highest BCUT2D eigenvalue weighted by atomic mass is 32.1. The first-order valence-corrected chi connectivity index (χ1v) is 9.91. The van der Waals surface area contributed by atoms with Gasteiger partial charge in [0.1, 0.15) is 9.71 Å². The Hall–Kier alpha value is -2.19. The lowest BCUT2D eigenvalue weighted by molar-refractivity contribution is -0.134. The fraction of sp³-hybridized carbons (Fsp3) is 0.526. The summed E-state index contributed by atoms with van der Waals surface area (Å²) in [4.78, 5) is 34.4. The van der Waals surface area contributed by atoms with Crippen molar-refractivity contribution in [3.8, 4) is 0 Å². The minimum atomic E-state index is -0.208. The van der Waals surface area contributed by atoms with Crippen molar-refractivity contribution in [2.75, 3.05) is 46.5 Å². The van der Waals surface area contributed by atoms with E-state index < -0.39 is 0 Å². The van der Waals surface area contributed by atoms with Crippen molar-refractivity contribution in [2.45, 2.75) is 25.2 Å². The van der Waals surface area contributed by atoms with Gasteiger partial charge in [-0.25, -0.2) is 4.98 Å². The molecule has 2 aromatic heterocycles. The SMILES string of the molecule is CNC(=O)c1sc2nc(C3(C)CCCN(C(=O)CN(C)C)C3)ccc2c1N. The molecule has 1 atom stereocenters. The summed E-state index contributed by atoms with van der Waals surface area (Å²) in [6.07, 6.45) is 1.92. The van der Waals surface area contributed by atoms with Crippen LogP contribution in [-0.4, -0.2) is 67.4 Å². The number of rotatable bonds is 4. The molecule has 2 aromatic rings. The monoisotopic (exact) mass is 389 g/mol. The van der Waals surface area contributed by atoms with E-state index in [2.05, 4.69) is 12.2 Å². The molecule has 0 aromatic carbocycles. The van der Waals surface area contributed by atoms with Crippen LogP contribution in [0.25, 0.3) is 10.2 Å². The quantitative estimate of drug-likeness (QED) is 0.830. The number of fused-ring (bicyclic) bond motifs is 1. The van der Waals surface area contributed by atoms with E-state index in [-0.39, 0.29) is 17.2 Å². The minimum Gasteiger partial charge on any atom is -0.397 e. The molecule has 3 rings (SSSR count). The molecule has 7 nitrogen and oxygen atoms in total. The van der Waals surface area contributed by atoms with Gasteiger partial charge in [-0.15, -0.1) is 11.3 Å². The number of amides is 2. The van der Waals surface area contributed by atoms with E-state index >= 15 is 0 Å². The summed E-state index contributed by atoms with van der Waals surface area (Å²) >= 11 is 1.31. The Morgan fingerprint density at radius 3 is 2.81 bits per heavy atom. The second-order valence-corrected chi connectivity index (χ2v) is 8.69. The Morgan fingerprint density at radius 2 is 2.15 bits per heavy atom. The Balaban J connectivity index is 1.91. The van der Waals surface area contributed by atoms with Gasteiger partial charge < -0.3 is 20.9 Å². The van der Waals surface area contributed by atoms with Crippen LogP contribution < -0.4 is 11.1 Å². The number of thiophene rings is 1. The van der Waals surface area contributed by atoms with Crippen LogP contribution in [0.15, 0.2) is 12.1 Å². The molecule has 1 fully saturated rings. The van der Waals surface area contributed by atoms with Crippen LogP contribution in [0.3, 0.4) is 0 Å². The maximum Gasteiger partial charge on any atom is 0.263 e. The number of piperidine rings is 1. The van der Waals surface area contributed by atoms with E-state index in [0.717, 1.165) is 35.3 Å². The maximum absolute atomic E-state index is 12.5. The lowest BCUT2D eigenvalue weighted by atomic mass is 9.78. The van der Waals surface area contributed by atoms with E-state index in [4.69, 9.17) is 10.7 Å². The third-order valence-corrected chi connectivity index (χ3v) is 6.26. The summed E-state index contributed by atoms with van der Waals surface area (Å²) in [5, 5.41) is 3.43. The number of nitrogens with two attached hydrogens (primary N) is 1. The third-order valence-electron chi connectivity index (χ3n) is 5.15. The van der Waals surface area contributed by atoms with E-state index in [1.54, 1.807) is 7.05 Å². The number of nitrogen functional groups attached to an aromatic ring is 1. The third kappa shape index (κ3) is 3.77. The van der Waals surface area contributed by atoms with Gasteiger partial charge in [-0.1, -0.05) is 6.92 Å². The van der Waals surface area contributed by atoms with Crippen molar-refractivity contribution >= 4 is 39.1 Å². The molecule has 146 valence electrons. The first kappa shape index (κ1) is 19.6. The molecule has 2 amide bonds. The summed E-state index contributed by atoms with van der Waals surface area (Å²) in [5.41, 5.74) is 7.35. The van der Waals surface area contributed by atoms with Crippen LogP contribution in [0.1, 0.15) is 35.1 Å². The average molecular weight is 390 g/mol. The molecule has 8 heteroatoms. The molecule has 1 aliphatic heterocycles. The second-order valence-electron chi connectivity index (χ2n) is 7.69. The highest BCUT2D eigenvalue weighted by Gasteiger charge is 2.36. The Kier molecular flexibility index (Phi) is 5.39. The van der Waals surface area contributed by atoms with Crippen LogP contribution in [0, 0.1) is 0 Å². The first-order chi connectivity index (χ1) is 12.7. The fourth-order valence-electron chi connectivity index (χ4n) is 3.65. The number of carbonyl (C=O) groups is 2. The van der Waals surface area contributed by atoms with E-state index in [9.17, 15) is 9.59 Å². The lowest BCUT2D eigenvalue weighted by Crippen LogP contribution is -2.49.